The number of anilines is 3. The first kappa shape index (κ1) is 27.0. The van der Waals surface area contributed by atoms with E-state index in [1.807, 2.05) is 42.3 Å². The molecule has 1 aliphatic heterocycles. The number of carbonyl (C=O) groups is 1. The van der Waals surface area contributed by atoms with Crippen molar-refractivity contribution in [3.05, 3.63) is 40.7 Å². The maximum Gasteiger partial charge on any atom is 0.320 e. The average molecular weight is 569 g/mol. The van der Waals surface area contributed by atoms with Crippen molar-refractivity contribution in [2.24, 2.45) is 0 Å². The summed E-state index contributed by atoms with van der Waals surface area (Å²) in [5.41, 5.74) is 2.09. The molecule has 10 nitrogen and oxygen atoms in total. The van der Waals surface area contributed by atoms with Gasteiger partial charge in [0.15, 0.2) is 10.9 Å². The number of ether oxygens (including phenoxy) is 1. The van der Waals surface area contributed by atoms with Gasteiger partial charge in [-0.2, -0.15) is 9.78 Å². The molecular formula is C26H29FN8O2S2. The van der Waals surface area contributed by atoms with E-state index in [-0.39, 0.29) is 24.4 Å². The van der Waals surface area contributed by atoms with E-state index >= 15 is 0 Å². The largest absolute Gasteiger partial charge is 0.465 e. The number of aromatic nitrogens is 4. The average Bonchev–Trinajstić information content (AvgIpc) is 3.70. The van der Waals surface area contributed by atoms with Gasteiger partial charge in [0.05, 0.1) is 18.8 Å². The van der Waals surface area contributed by atoms with Gasteiger partial charge >= 0.3 is 5.97 Å². The molecule has 204 valence electrons. The number of carbonyl (C=O) groups excluding carboxylic acids is 1. The van der Waals surface area contributed by atoms with E-state index in [9.17, 15) is 14.4 Å². The fourth-order valence-electron chi connectivity index (χ4n) is 4.71. The highest BCUT2D eigenvalue weighted by atomic mass is 32.1. The predicted molar refractivity (Wildman–Crippen MR) is 150 cm³/mol. The van der Waals surface area contributed by atoms with Crippen LogP contribution in [0.5, 0.6) is 0 Å². The first-order valence-corrected chi connectivity index (χ1v) is 14.4. The first-order chi connectivity index (χ1) is 18.8. The Labute approximate surface area is 233 Å². The van der Waals surface area contributed by atoms with Gasteiger partial charge in [-0.15, -0.1) is 5.10 Å². The first-order valence-electron chi connectivity index (χ1n) is 12.7. The zero-order chi connectivity index (χ0) is 27.7. The Kier molecular flexibility index (Phi) is 7.79. The number of halogens is 1. The highest BCUT2D eigenvalue weighted by molar-refractivity contribution is 7.20. The Hall–Kier alpha value is -3.60. The van der Waals surface area contributed by atoms with Crippen molar-refractivity contribution in [1.82, 2.24) is 24.5 Å². The van der Waals surface area contributed by atoms with Crippen LogP contribution in [0.2, 0.25) is 0 Å². The Morgan fingerprint density at radius 1 is 1.23 bits per heavy atom. The molecule has 1 unspecified atom stereocenters. The van der Waals surface area contributed by atoms with E-state index in [2.05, 4.69) is 11.0 Å². The van der Waals surface area contributed by atoms with Crippen molar-refractivity contribution in [2.75, 3.05) is 50.1 Å². The lowest BCUT2D eigenvalue weighted by molar-refractivity contribution is -0.144. The predicted octanol–water partition coefficient (Wildman–Crippen LogP) is 4.33. The molecule has 4 heterocycles. The van der Waals surface area contributed by atoms with Crippen molar-refractivity contribution in [2.45, 2.75) is 32.7 Å². The number of benzene rings is 1. The second-order valence-electron chi connectivity index (χ2n) is 9.28. The van der Waals surface area contributed by atoms with Gasteiger partial charge in [0, 0.05) is 31.7 Å². The van der Waals surface area contributed by atoms with E-state index in [1.54, 1.807) is 12.1 Å². The minimum atomic E-state index is -0.339. The van der Waals surface area contributed by atoms with Gasteiger partial charge in [0.25, 0.3) is 0 Å². The molecule has 0 N–H and O–H groups in total. The van der Waals surface area contributed by atoms with E-state index in [1.165, 1.54) is 34.8 Å². The van der Waals surface area contributed by atoms with Crippen molar-refractivity contribution in [3.63, 3.8) is 0 Å². The number of rotatable bonds is 9. The molecule has 0 aliphatic carbocycles. The zero-order valence-corrected chi connectivity index (χ0v) is 23.9. The van der Waals surface area contributed by atoms with Gasteiger partial charge in [-0.3, -0.25) is 9.69 Å². The Morgan fingerprint density at radius 2 is 2.00 bits per heavy atom. The molecule has 13 heteroatoms. The molecule has 3 aromatic heterocycles. The van der Waals surface area contributed by atoms with Crippen LogP contribution in [0, 0.1) is 17.1 Å². The number of thiazole rings is 1. The quantitative estimate of drug-likeness (QED) is 0.273. The van der Waals surface area contributed by atoms with E-state index in [4.69, 9.17) is 19.8 Å². The van der Waals surface area contributed by atoms with Crippen LogP contribution in [0.1, 0.15) is 30.8 Å². The third kappa shape index (κ3) is 5.32. The fourth-order valence-corrected chi connectivity index (χ4v) is 6.51. The SMILES string of the molecule is CCOC(=O)CN(C)C1CCN(c2nn3c(N(C)c4nc(-c5ccc(F)cc5)c(C#N)s4)c(CC)nc3s2)C1. The minimum Gasteiger partial charge on any atom is -0.465 e. The van der Waals surface area contributed by atoms with Gasteiger partial charge < -0.3 is 14.5 Å². The second-order valence-corrected chi connectivity index (χ2v) is 11.2. The highest BCUT2D eigenvalue weighted by Gasteiger charge is 2.30. The molecule has 0 radical (unpaired) electrons. The number of hydrogen-bond acceptors (Lipinski definition) is 11. The molecule has 1 aliphatic rings. The number of nitriles is 1. The summed E-state index contributed by atoms with van der Waals surface area (Å²) in [7, 11) is 3.84. The zero-order valence-electron chi connectivity index (χ0n) is 22.2. The van der Waals surface area contributed by atoms with Gasteiger partial charge in [-0.25, -0.2) is 14.4 Å². The summed E-state index contributed by atoms with van der Waals surface area (Å²) in [6, 6.07) is 8.44. The lowest BCUT2D eigenvalue weighted by atomic mass is 10.1. The molecule has 0 amide bonds. The summed E-state index contributed by atoms with van der Waals surface area (Å²) in [4.78, 5) is 28.9. The third-order valence-corrected chi connectivity index (χ3v) is 8.76. The minimum absolute atomic E-state index is 0.213. The van der Waals surface area contributed by atoms with Crippen molar-refractivity contribution in [1.29, 1.82) is 5.26 Å². The number of esters is 1. The van der Waals surface area contributed by atoms with Gasteiger partial charge in [0.2, 0.25) is 10.1 Å². The van der Waals surface area contributed by atoms with Crippen molar-refractivity contribution in [3.8, 4) is 17.3 Å². The fraction of sp³-hybridized carbons (Fsp3) is 0.423. The van der Waals surface area contributed by atoms with E-state index < -0.39 is 0 Å². The molecule has 5 rings (SSSR count). The Morgan fingerprint density at radius 3 is 2.69 bits per heavy atom. The van der Waals surface area contributed by atoms with Gasteiger partial charge in [-0.1, -0.05) is 29.6 Å². The van der Waals surface area contributed by atoms with Crippen LogP contribution in [0.4, 0.5) is 20.5 Å². The number of imidazole rings is 1. The summed E-state index contributed by atoms with van der Waals surface area (Å²) in [5, 5.41) is 16.2. The van der Waals surface area contributed by atoms with E-state index in [0.29, 0.717) is 34.3 Å². The molecule has 4 aromatic rings. The summed E-state index contributed by atoms with van der Waals surface area (Å²) in [6.07, 6.45) is 1.63. The van der Waals surface area contributed by atoms with Crippen LogP contribution in [0.15, 0.2) is 24.3 Å². The maximum atomic E-state index is 13.5. The topological polar surface area (TPSA) is 103 Å². The molecule has 1 saturated heterocycles. The lowest BCUT2D eigenvalue weighted by Crippen LogP contribution is -2.38. The summed E-state index contributed by atoms with van der Waals surface area (Å²) >= 11 is 2.81. The monoisotopic (exact) mass is 568 g/mol. The molecule has 1 fully saturated rings. The van der Waals surface area contributed by atoms with Gasteiger partial charge in [0.1, 0.15) is 22.5 Å². The second kappa shape index (κ2) is 11.3. The number of nitrogens with zero attached hydrogens (tertiary/aromatic N) is 8. The number of hydrogen-bond donors (Lipinski definition) is 0. The molecule has 0 saturated carbocycles. The summed E-state index contributed by atoms with van der Waals surface area (Å²) in [6.45, 7) is 6.09. The number of likely N-dealkylation sites (N-methyl/N-ethyl adjacent to an activating group) is 1. The van der Waals surface area contributed by atoms with Crippen LogP contribution < -0.4 is 9.80 Å². The molecule has 39 heavy (non-hydrogen) atoms. The molecule has 1 aromatic carbocycles. The smallest absolute Gasteiger partial charge is 0.320 e. The van der Waals surface area contributed by atoms with Crippen LogP contribution in [0.3, 0.4) is 0 Å². The van der Waals surface area contributed by atoms with Crippen molar-refractivity contribution >= 4 is 49.7 Å². The normalized spacial score (nSPS) is 15.3. The maximum absolute atomic E-state index is 13.5. The molecule has 1 atom stereocenters. The van der Waals surface area contributed by atoms with Crippen molar-refractivity contribution < 1.29 is 13.9 Å². The number of fused-ring (bicyclic) bond motifs is 1. The van der Waals surface area contributed by atoms with E-state index in [0.717, 1.165) is 41.1 Å². The summed E-state index contributed by atoms with van der Waals surface area (Å²) < 4.78 is 20.4. The lowest BCUT2D eigenvalue weighted by Gasteiger charge is -2.23. The van der Waals surface area contributed by atoms with Crippen LogP contribution in [-0.4, -0.2) is 76.8 Å². The molecule has 0 spiro atoms. The third-order valence-electron chi connectivity index (χ3n) is 6.75. The standard InChI is InChI=1S/C26H29FN8O2S2/c1-5-19-23(33(4)24-30-22(20(13-28)38-24)16-7-9-17(27)10-8-16)35-25(29-19)39-26(31-35)34-12-11-18(14-34)32(3)15-21(36)37-6-2/h7-10,18H,5-6,11-12,14-15H2,1-4H3. The van der Waals surface area contributed by atoms with Gasteiger partial charge in [-0.05, 0) is 51.1 Å². The molecule has 0 bridgehead atoms. The van der Waals surface area contributed by atoms with Crippen LogP contribution in [0.25, 0.3) is 16.2 Å². The molecular weight excluding hydrogens is 539 g/mol. The number of aryl methyl sites for hydroxylation is 1. The van der Waals surface area contributed by atoms with Crippen LogP contribution >= 0.6 is 22.7 Å². The Balaban J connectivity index is 1.41. The van der Waals surface area contributed by atoms with Crippen LogP contribution in [-0.2, 0) is 16.0 Å². The highest BCUT2D eigenvalue weighted by Crippen LogP contribution is 2.38. The Bertz CT molecular complexity index is 1520. The summed E-state index contributed by atoms with van der Waals surface area (Å²) in [5.74, 6) is 0.248.